The van der Waals surface area contributed by atoms with Crippen LogP contribution in [-0.4, -0.2) is 24.6 Å². The third kappa shape index (κ3) is 4.32. The van der Waals surface area contributed by atoms with E-state index in [4.69, 9.17) is 4.74 Å². The van der Waals surface area contributed by atoms with Gasteiger partial charge in [0, 0.05) is 10.9 Å². The average Bonchev–Trinajstić information content (AvgIpc) is 3.12. The van der Waals surface area contributed by atoms with Crippen molar-refractivity contribution in [3.05, 3.63) is 108 Å². The summed E-state index contributed by atoms with van der Waals surface area (Å²) in [6.45, 7) is 0.396. The Morgan fingerprint density at radius 2 is 1.67 bits per heavy atom. The number of carbonyl (C=O) groups is 2. The van der Waals surface area contributed by atoms with E-state index < -0.39 is 0 Å². The Morgan fingerprint density at radius 1 is 0.909 bits per heavy atom. The van der Waals surface area contributed by atoms with Gasteiger partial charge in [-0.1, -0.05) is 54.6 Å². The summed E-state index contributed by atoms with van der Waals surface area (Å²) in [5, 5.41) is 5.89. The van der Waals surface area contributed by atoms with Gasteiger partial charge in [0.2, 0.25) is 0 Å². The van der Waals surface area contributed by atoms with Crippen molar-refractivity contribution >= 4 is 34.5 Å². The molecule has 0 atom stereocenters. The van der Waals surface area contributed by atoms with Crippen molar-refractivity contribution in [3.8, 4) is 5.75 Å². The summed E-state index contributed by atoms with van der Waals surface area (Å²) >= 11 is 0. The molecule has 0 aliphatic carbocycles. The van der Waals surface area contributed by atoms with Crippen LogP contribution in [0.2, 0.25) is 0 Å². The van der Waals surface area contributed by atoms with E-state index in [1.165, 1.54) is 4.90 Å². The Labute approximate surface area is 191 Å². The Hall–Kier alpha value is -4.45. The molecule has 0 radical (unpaired) electrons. The van der Waals surface area contributed by atoms with E-state index in [2.05, 4.69) is 10.5 Å². The minimum atomic E-state index is -0.368. The molecule has 1 aliphatic rings. The fourth-order valence-corrected chi connectivity index (χ4v) is 3.88. The predicted molar refractivity (Wildman–Crippen MR) is 129 cm³/mol. The lowest BCUT2D eigenvalue weighted by molar-refractivity contribution is -0.119. The first-order chi connectivity index (χ1) is 16.2. The van der Waals surface area contributed by atoms with Gasteiger partial charge in [0.1, 0.15) is 18.9 Å². The second-order valence-electron chi connectivity index (χ2n) is 7.71. The van der Waals surface area contributed by atoms with E-state index in [0.717, 1.165) is 33.3 Å². The molecule has 1 aliphatic heterocycles. The van der Waals surface area contributed by atoms with Crippen LogP contribution in [-0.2, 0) is 11.4 Å². The third-order valence-electron chi connectivity index (χ3n) is 5.48. The van der Waals surface area contributed by atoms with Gasteiger partial charge in [0.05, 0.1) is 11.9 Å². The van der Waals surface area contributed by atoms with Crippen molar-refractivity contribution in [1.29, 1.82) is 0 Å². The van der Waals surface area contributed by atoms with E-state index in [-0.39, 0.29) is 18.4 Å². The molecule has 0 aromatic heterocycles. The van der Waals surface area contributed by atoms with Crippen LogP contribution in [0, 0.1) is 0 Å². The highest BCUT2D eigenvalue weighted by atomic mass is 16.5. The number of nitrogens with zero attached hydrogens (tertiary/aromatic N) is 2. The number of ether oxygens (including phenoxy) is 1. The number of carbonyl (C=O) groups excluding carboxylic acids is 2. The largest absolute Gasteiger partial charge is 0.489 e. The molecule has 5 rings (SSSR count). The van der Waals surface area contributed by atoms with Gasteiger partial charge in [-0.3, -0.25) is 14.5 Å². The molecule has 2 amide bonds. The van der Waals surface area contributed by atoms with Gasteiger partial charge < -0.3 is 4.74 Å². The van der Waals surface area contributed by atoms with Crippen LogP contribution in [0.25, 0.3) is 10.8 Å². The third-order valence-corrected chi connectivity index (χ3v) is 5.48. The summed E-state index contributed by atoms with van der Waals surface area (Å²) in [7, 11) is 0. The molecule has 33 heavy (non-hydrogen) atoms. The van der Waals surface area contributed by atoms with Gasteiger partial charge in [0.15, 0.2) is 0 Å². The molecule has 0 saturated carbocycles. The molecule has 0 fully saturated rings. The van der Waals surface area contributed by atoms with E-state index in [9.17, 15) is 9.59 Å². The number of anilines is 1. The molecule has 4 aromatic carbocycles. The van der Waals surface area contributed by atoms with Crippen LogP contribution in [0.3, 0.4) is 0 Å². The van der Waals surface area contributed by atoms with Crippen molar-refractivity contribution < 1.29 is 14.3 Å². The van der Waals surface area contributed by atoms with Gasteiger partial charge in [-0.05, 0) is 52.9 Å². The summed E-state index contributed by atoms with van der Waals surface area (Å²) in [5.74, 6) is 0.209. The summed E-state index contributed by atoms with van der Waals surface area (Å²) in [6, 6.07) is 28.7. The highest BCUT2D eigenvalue weighted by Crippen LogP contribution is 2.36. The van der Waals surface area contributed by atoms with Crippen LogP contribution in [0.1, 0.15) is 21.5 Å². The number of hydrogen-bond acceptors (Lipinski definition) is 4. The van der Waals surface area contributed by atoms with Crippen LogP contribution in [0.5, 0.6) is 5.75 Å². The smallest absolute Gasteiger partial charge is 0.260 e. The molecule has 0 unspecified atom stereocenters. The van der Waals surface area contributed by atoms with Crippen molar-refractivity contribution in [3.63, 3.8) is 0 Å². The van der Waals surface area contributed by atoms with Crippen LogP contribution < -0.4 is 15.1 Å². The molecule has 1 N–H and O–H groups in total. The monoisotopic (exact) mass is 435 g/mol. The van der Waals surface area contributed by atoms with E-state index in [1.807, 2.05) is 84.9 Å². The van der Waals surface area contributed by atoms with Crippen molar-refractivity contribution in [2.24, 2.45) is 5.10 Å². The first-order valence-corrected chi connectivity index (χ1v) is 10.6. The zero-order valence-electron chi connectivity index (χ0n) is 17.8. The maximum Gasteiger partial charge on any atom is 0.260 e. The maximum absolute atomic E-state index is 12.8. The number of amides is 2. The Balaban J connectivity index is 1.17. The highest BCUT2D eigenvalue weighted by Gasteiger charge is 2.30. The van der Waals surface area contributed by atoms with Gasteiger partial charge in [-0.25, -0.2) is 5.43 Å². The van der Waals surface area contributed by atoms with Gasteiger partial charge in [-0.15, -0.1) is 0 Å². The molecule has 1 heterocycles. The van der Waals surface area contributed by atoms with Crippen LogP contribution in [0.15, 0.2) is 96.1 Å². The van der Waals surface area contributed by atoms with Gasteiger partial charge >= 0.3 is 0 Å². The fraction of sp³-hybridized carbons (Fsp3) is 0.0741. The van der Waals surface area contributed by atoms with Crippen molar-refractivity contribution in [2.75, 3.05) is 11.4 Å². The van der Waals surface area contributed by atoms with Crippen LogP contribution in [0.4, 0.5) is 5.69 Å². The Bertz CT molecular complexity index is 1340. The van der Waals surface area contributed by atoms with E-state index >= 15 is 0 Å². The van der Waals surface area contributed by atoms with E-state index in [0.29, 0.717) is 12.2 Å². The number of hydrazone groups is 1. The number of hydrogen-bond donors (Lipinski definition) is 1. The summed E-state index contributed by atoms with van der Waals surface area (Å²) in [4.78, 5) is 26.7. The zero-order chi connectivity index (χ0) is 22.6. The highest BCUT2D eigenvalue weighted by molar-refractivity contribution is 6.26. The first-order valence-electron chi connectivity index (χ1n) is 10.6. The lowest BCUT2D eigenvalue weighted by atomic mass is 10.1. The van der Waals surface area contributed by atoms with Crippen molar-refractivity contribution in [1.82, 2.24) is 5.43 Å². The number of nitrogens with one attached hydrogen (secondary N) is 1. The number of benzene rings is 4. The van der Waals surface area contributed by atoms with E-state index in [1.54, 1.807) is 12.3 Å². The molecule has 0 saturated heterocycles. The predicted octanol–water partition coefficient (Wildman–Crippen LogP) is 4.53. The van der Waals surface area contributed by atoms with Gasteiger partial charge in [-0.2, -0.15) is 5.10 Å². The molecular weight excluding hydrogens is 414 g/mol. The molecule has 162 valence electrons. The summed E-state index contributed by atoms with van der Waals surface area (Å²) < 4.78 is 5.77. The second-order valence-corrected chi connectivity index (χ2v) is 7.71. The molecule has 6 nitrogen and oxygen atoms in total. The SMILES string of the molecule is O=C(CN1C(=O)c2cccc3cccc1c23)N/N=C/c1ccc(OCc2ccccc2)cc1. The minimum absolute atomic E-state index is 0.101. The Morgan fingerprint density at radius 3 is 2.45 bits per heavy atom. The first kappa shape index (κ1) is 20.5. The lowest BCUT2D eigenvalue weighted by Crippen LogP contribution is -2.37. The van der Waals surface area contributed by atoms with Gasteiger partial charge in [0.25, 0.3) is 11.8 Å². The fourth-order valence-electron chi connectivity index (χ4n) is 3.88. The molecule has 0 spiro atoms. The Kier molecular flexibility index (Phi) is 5.55. The quantitative estimate of drug-likeness (QED) is 0.343. The van der Waals surface area contributed by atoms with Crippen molar-refractivity contribution in [2.45, 2.75) is 6.61 Å². The van der Waals surface area contributed by atoms with Crippen LogP contribution >= 0.6 is 0 Å². The second kappa shape index (κ2) is 8.96. The maximum atomic E-state index is 12.8. The average molecular weight is 435 g/mol. The molecule has 4 aromatic rings. The zero-order valence-corrected chi connectivity index (χ0v) is 17.8. The molecule has 0 bridgehead atoms. The summed E-state index contributed by atoms with van der Waals surface area (Å²) in [6.07, 6.45) is 1.56. The number of rotatable bonds is 7. The lowest BCUT2D eigenvalue weighted by Gasteiger charge is -2.16. The molecule has 6 heteroatoms. The topological polar surface area (TPSA) is 71.0 Å². The normalized spacial score (nSPS) is 12.5. The summed E-state index contributed by atoms with van der Waals surface area (Å²) in [5.41, 5.74) is 5.79. The minimum Gasteiger partial charge on any atom is -0.489 e. The molecular formula is C27H21N3O3. The standard InChI is InChI=1S/C27H21N3O3/c31-25(17-30-24-11-5-9-21-8-4-10-23(26(21)24)27(30)32)29-28-16-19-12-14-22(15-13-19)33-18-20-6-2-1-3-7-20/h1-16H,17-18H2,(H,29,31)/b28-16+.